The average Bonchev–Trinajstić information content (AvgIpc) is 2.47. The quantitative estimate of drug-likeness (QED) is 0.622. The highest BCUT2D eigenvalue weighted by Gasteiger charge is 2.20. The molecule has 2 N–H and O–H groups in total. The Bertz CT molecular complexity index is 532. The van der Waals surface area contributed by atoms with Gasteiger partial charge in [-0.2, -0.15) is 0 Å². The number of nitro benzene ring substituents is 1. The van der Waals surface area contributed by atoms with E-state index in [4.69, 9.17) is 11.6 Å². The zero-order valence-electron chi connectivity index (χ0n) is 11.5. The van der Waals surface area contributed by atoms with Crippen LogP contribution in [0.2, 0.25) is 5.02 Å². The Morgan fingerprint density at radius 3 is 2.81 bits per heavy atom. The topological polar surface area (TPSA) is 87.5 Å². The van der Waals surface area contributed by atoms with Crippen molar-refractivity contribution in [3.05, 3.63) is 38.9 Å². The lowest BCUT2D eigenvalue weighted by Crippen LogP contribution is -2.46. The van der Waals surface area contributed by atoms with Crippen molar-refractivity contribution in [2.45, 2.75) is 0 Å². The molecule has 1 aliphatic heterocycles. The molecule has 1 aromatic carbocycles. The third kappa shape index (κ3) is 4.38. The van der Waals surface area contributed by atoms with Crippen LogP contribution in [0.25, 0.3) is 0 Å². The van der Waals surface area contributed by atoms with E-state index < -0.39 is 10.8 Å². The van der Waals surface area contributed by atoms with Gasteiger partial charge in [0.1, 0.15) is 5.56 Å². The summed E-state index contributed by atoms with van der Waals surface area (Å²) in [6.45, 7) is 4.92. The van der Waals surface area contributed by atoms with Crippen LogP contribution in [0.3, 0.4) is 0 Å². The van der Waals surface area contributed by atoms with Gasteiger partial charge >= 0.3 is 0 Å². The lowest BCUT2D eigenvalue weighted by atomic mass is 10.1. The number of halogens is 1. The molecule has 0 aromatic heterocycles. The van der Waals surface area contributed by atoms with Gasteiger partial charge in [0.05, 0.1) is 4.92 Å². The van der Waals surface area contributed by atoms with Crippen molar-refractivity contribution in [2.24, 2.45) is 0 Å². The summed E-state index contributed by atoms with van der Waals surface area (Å²) in [5.41, 5.74) is -0.244. The van der Waals surface area contributed by atoms with Gasteiger partial charge in [0.2, 0.25) is 0 Å². The van der Waals surface area contributed by atoms with E-state index in [1.54, 1.807) is 0 Å². The minimum atomic E-state index is -0.582. The summed E-state index contributed by atoms with van der Waals surface area (Å²) in [6, 6.07) is 3.96. The van der Waals surface area contributed by atoms with Crippen molar-refractivity contribution in [1.29, 1.82) is 0 Å². The first kappa shape index (κ1) is 15.7. The van der Waals surface area contributed by atoms with Gasteiger partial charge < -0.3 is 10.6 Å². The molecule has 1 aliphatic rings. The molecule has 1 heterocycles. The lowest BCUT2D eigenvalue weighted by Gasteiger charge is -2.27. The molecule has 0 bridgehead atoms. The van der Waals surface area contributed by atoms with Gasteiger partial charge in [0, 0.05) is 50.4 Å². The maximum absolute atomic E-state index is 12.1. The SMILES string of the molecule is O=C(NCCN1CCNCC1)c1cc(Cl)ccc1[N+](=O)[O-]. The molecule has 7 nitrogen and oxygen atoms in total. The summed E-state index contributed by atoms with van der Waals surface area (Å²) in [7, 11) is 0. The van der Waals surface area contributed by atoms with E-state index in [-0.39, 0.29) is 11.3 Å². The van der Waals surface area contributed by atoms with Gasteiger partial charge in [-0.25, -0.2) is 0 Å². The fourth-order valence-electron chi connectivity index (χ4n) is 2.21. The van der Waals surface area contributed by atoms with Crippen LogP contribution in [0.15, 0.2) is 18.2 Å². The maximum Gasteiger partial charge on any atom is 0.282 e. The van der Waals surface area contributed by atoms with Gasteiger partial charge in [0.25, 0.3) is 11.6 Å². The zero-order chi connectivity index (χ0) is 15.2. The van der Waals surface area contributed by atoms with E-state index in [0.717, 1.165) is 32.7 Å². The summed E-state index contributed by atoms with van der Waals surface area (Å²) < 4.78 is 0. The molecular weight excluding hydrogens is 296 g/mol. The third-order valence-electron chi connectivity index (χ3n) is 3.32. The second kappa shape index (κ2) is 7.35. The molecule has 0 radical (unpaired) electrons. The molecule has 0 aliphatic carbocycles. The van der Waals surface area contributed by atoms with Crippen LogP contribution in [0.5, 0.6) is 0 Å². The maximum atomic E-state index is 12.1. The number of piperazine rings is 1. The predicted molar refractivity (Wildman–Crippen MR) is 79.7 cm³/mol. The Kier molecular flexibility index (Phi) is 5.49. The second-order valence-corrected chi connectivity index (χ2v) is 5.20. The standard InChI is InChI=1S/C13H17ClN4O3/c14-10-1-2-12(18(20)21)11(9-10)13(19)16-5-8-17-6-3-15-4-7-17/h1-2,9,15H,3-8H2,(H,16,19). The number of carbonyl (C=O) groups is 1. The first-order valence-corrected chi connectivity index (χ1v) is 7.11. The molecule has 0 spiro atoms. The van der Waals surface area contributed by atoms with E-state index in [0.29, 0.717) is 11.6 Å². The highest BCUT2D eigenvalue weighted by atomic mass is 35.5. The Hall–Kier alpha value is -1.70. The van der Waals surface area contributed by atoms with Crippen LogP contribution in [-0.4, -0.2) is 55.0 Å². The first-order valence-electron chi connectivity index (χ1n) is 6.73. The Balaban J connectivity index is 1.93. The molecule has 0 atom stereocenters. The van der Waals surface area contributed by atoms with E-state index in [2.05, 4.69) is 15.5 Å². The van der Waals surface area contributed by atoms with E-state index in [1.165, 1.54) is 18.2 Å². The summed E-state index contributed by atoms with van der Waals surface area (Å²) >= 11 is 5.80. The normalized spacial score (nSPS) is 15.7. The minimum Gasteiger partial charge on any atom is -0.351 e. The molecule has 8 heteroatoms. The number of rotatable bonds is 5. The van der Waals surface area contributed by atoms with Gasteiger partial charge in [-0.05, 0) is 12.1 Å². The number of benzene rings is 1. The molecule has 1 amide bonds. The van der Waals surface area contributed by atoms with Gasteiger partial charge in [-0.1, -0.05) is 11.6 Å². The van der Waals surface area contributed by atoms with Crippen LogP contribution < -0.4 is 10.6 Å². The Labute approximate surface area is 127 Å². The summed E-state index contributed by atoms with van der Waals surface area (Å²) in [5, 5.41) is 17.2. The highest BCUT2D eigenvalue weighted by molar-refractivity contribution is 6.31. The van der Waals surface area contributed by atoms with Crippen LogP contribution in [-0.2, 0) is 0 Å². The van der Waals surface area contributed by atoms with Gasteiger partial charge in [-0.3, -0.25) is 19.8 Å². The summed E-state index contributed by atoms with van der Waals surface area (Å²) in [6.07, 6.45) is 0. The van der Waals surface area contributed by atoms with E-state index >= 15 is 0 Å². The number of carbonyl (C=O) groups excluding carboxylic acids is 1. The summed E-state index contributed by atoms with van der Waals surface area (Å²) in [4.78, 5) is 24.6. The van der Waals surface area contributed by atoms with Crippen LogP contribution >= 0.6 is 11.6 Å². The number of nitro groups is 1. The Morgan fingerprint density at radius 2 is 2.14 bits per heavy atom. The van der Waals surface area contributed by atoms with Crippen LogP contribution in [0.1, 0.15) is 10.4 Å². The van der Waals surface area contributed by atoms with Crippen molar-refractivity contribution in [3.63, 3.8) is 0 Å². The molecule has 0 unspecified atom stereocenters. The number of nitrogens with zero attached hydrogens (tertiary/aromatic N) is 2. The van der Waals surface area contributed by atoms with Crippen LogP contribution in [0.4, 0.5) is 5.69 Å². The van der Waals surface area contributed by atoms with Crippen molar-refractivity contribution in [3.8, 4) is 0 Å². The molecule has 114 valence electrons. The van der Waals surface area contributed by atoms with Crippen molar-refractivity contribution in [1.82, 2.24) is 15.5 Å². The smallest absolute Gasteiger partial charge is 0.282 e. The fourth-order valence-corrected chi connectivity index (χ4v) is 2.38. The van der Waals surface area contributed by atoms with Crippen molar-refractivity contribution >= 4 is 23.2 Å². The average molecular weight is 313 g/mol. The van der Waals surface area contributed by atoms with E-state index in [1.807, 2.05) is 0 Å². The Morgan fingerprint density at radius 1 is 1.43 bits per heavy atom. The van der Waals surface area contributed by atoms with Crippen LogP contribution in [0, 0.1) is 10.1 Å². The zero-order valence-corrected chi connectivity index (χ0v) is 12.2. The number of nitrogens with one attached hydrogen (secondary N) is 2. The highest BCUT2D eigenvalue weighted by Crippen LogP contribution is 2.22. The second-order valence-electron chi connectivity index (χ2n) is 4.77. The fraction of sp³-hybridized carbons (Fsp3) is 0.462. The monoisotopic (exact) mass is 312 g/mol. The number of hydrogen-bond donors (Lipinski definition) is 2. The summed E-state index contributed by atoms with van der Waals surface area (Å²) in [5.74, 6) is -0.473. The molecule has 1 aromatic rings. The molecule has 1 saturated heterocycles. The number of hydrogen-bond acceptors (Lipinski definition) is 5. The van der Waals surface area contributed by atoms with E-state index in [9.17, 15) is 14.9 Å². The third-order valence-corrected chi connectivity index (χ3v) is 3.56. The van der Waals surface area contributed by atoms with Crippen molar-refractivity contribution < 1.29 is 9.72 Å². The minimum absolute atomic E-state index is 0.00666. The largest absolute Gasteiger partial charge is 0.351 e. The van der Waals surface area contributed by atoms with Gasteiger partial charge in [0.15, 0.2) is 0 Å². The van der Waals surface area contributed by atoms with Crippen molar-refractivity contribution in [2.75, 3.05) is 39.3 Å². The first-order chi connectivity index (χ1) is 10.1. The van der Waals surface area contributed by atoms with Gasteiger partial charge in [-0.15, -0.1) is 0 Å². The lowest BCUT2D eigenvalue weighted by molar-refractivity contribution is -0.385. The molecule has 0 saturated carbocycles. The predicted octanol–water partition coefficient (Wildman–Crippen LogP) is 0.883. The molecule has 2 rings (SSSR count). The number of amides is 1. The molecular formula is C13H17ClN4O3. The molecule has 1 fully saturated rings. The molecule has 21 heavy (non-hydrogen) atoms.